The van der Waals surface area contributed by atoms with E-state index in [9.17, 15) is 0 Å². The lowest BCUT2D eigenvalue weighted by Gasteiger charge is -2.14. The number of ether oxygens (including phenoxy) is 1. The zero-order chi connectivity index (χ0) is 11.3. The van der Waals surface area contributed by atoms with Crippen LogP contribution >= 0.6 is 31.9 Å². The van der Waals surface area contributed by atoms with Gasteiger partial charge in [0.1, 0.15) is 0 Å². The highest BCUT2D eigenvalue weighted by Gasteiger charge is 2.06. The maximum atomic E-state index is 5.09. The van der Waals surface area contributed by atoms with Crippen LogP contribution in [0.3, 0.4) is 0 Å². The molecule has 1 aromatic carbocycles. The van der Waals surface area contributed by atoms with Crippen LogP contribution in [0.4, 0.5) is 5.69 Å². The zero-order valence-electron chi connectivity index (χ0n) is 8.89. The predicted octanol–water partition coefficient (Wildman–Crippen LogP) is 3.91. The highest BCUT2D eigenvalue weighted by Crippen LogP contribution is 2.30. The number of methoxy groups -OCH3 is 1. The summed E-state index contributed by atoms with van der Waals surface area (Å²) in [6.45, 7) is 3.82. The fourth-order valence-corrected chi connectivity index (χ4v) is 2.57. The molecule has 0 saturated carbocycles. The molecular weight excluding hydrogens is 322 g/mol. The van der Waals surface area contributed by atoms with Crippen molar-refractivity contribution in [2.75, 3.05) is 25.6 Å². The average molecular weight is 337 g/mol. The number of rotatable bonds is 5. The Labute approximate surface area is 108 Å². The van der Waals surface area contributed by atoms with E-state index in [0.717, 1.165) is 27.8 Å². The van der Waals surface area contributed by atoms with Gasteiger partial charge in [-0.2, -0.15) is 0 Å². The van der Waals surface area contributed by atoms with E-state index < -0.39 is 0 Å². The standard InChI is InChI=1S/C11H15Br2NO/c1-8(7-15-2)6-14-11-9(12)4-3-5-10(11)13/h3-5,8,14H,6-7H2,1-2H3. The molecule has 1 aromatic rings. The number of hydrogen-bond acceptors (Lipinski definition) is 2. The van der Waals surface area contributed by atoms with Crippen molar-refractivity contribution in [3.05, 3.63) is 27.1 Å². The van der Waals surface area contributed by atoms with Crippen molar-refractivity contribution >= 4 is 37.5 Å². The van der Waals surface area contributed by atoms with Crippen molar-refractivity contribution in [3.8, 4) is 0 Å². The van der Waals surface area contributed by atoms with Crippen LogP contribution in [0.5, 0.6) is 0 Å². The third kappa shape index (κ3) is 4.13. The Morgan fingerprint density at radius 3 is 2.47 bits per heavy atom. The van der Waals surface area contributed by atoms with Crippen molar-refractivity contribution in [1.29, 1.82) is 0 Å². The quantitative estimate of drug-likeness (QED) is 0.880. The van der Waals surface area contributed by atoms with E-state index in [4.69, 9.17) is 4.74 Å². The Kier molecular flexibility index (Phi) is 5.64. The second-order valence-corrected chi connectivity index (χ2v) is 5.25. The highest BCUT2D eigenvalue weighted by molar-refractivity contribution is 9.11. The summed E-state index contributed by atoms with van der Waals surface area (Å²) in [7, 11) is 1.73. The van der Waals surface area contributed by atoms with Crippen molar-refractivity contribution in [3.63, 3.8) is 0 Å². The zero-order valence-corrected chi connectivity index (χ0v) is 12.1. The van der Waals surface area contributed by atoms with E-state index in [-0.39, 0.29) is 0 Å². The number of hydrogen-bond donors (Lipinski definition) is 1. The smallest absolute Gasteiger partial charge is 0.0629 e. The fraction of sp³-hybridized carbons (Fsp3) is 0.455. The monoisotopic (exact) mass is 335 g/mol. The minimum atomic E-state index is 0.494. The molecule has 0 radical (unpaired) electrons. The number of anilines is 1. The van der Waals surface area contributed by atoms with Gasteiger partial charge in [0.05, 0.1) is 12.3 Å². The minimum Gasteiger partial charge on any atom is -0.384 e. The fourth-order valence-electron chi connectivity index (χ4n) is 1.29. The molecule has 0 saturated heterocycles. The molecule has 0 fully saturated rings. The van der Waals surface area contributed by atoms with Gasteiger partial charge in [0.2, 0.25) is 0 Å². The summed E-state index contributed by atoms with van der Waals surface area (Å²) in [5, 5.41) is 3.39. The maximum Gasteiger partial charge on any atom is 0.0629 e. The van der Waals surface area contributed by atoms with Crippen molar-refractivity contribution in [2.24, 2.45) is 5.92 Å². The van der Waals surface area contributed by atoms with E-state index >= 15 is 0 Å². The largest absolute Gasteiger partial charge is 0.384 e. The molecule has 0 heterocycles. The van der Waals surface area contributed by atoms with Gasteiger partial charge in [-0.15, -0.1) is 0 Å². The molecule has 0 aliphatic carbocycles. The molecule has 4 heteroatoms. The molecule has 0 aromatic heterocycles. The second-order valence-electron chi connectivity index (χ2n) is 3.54. The maximum absolute atomic E-state index is 5.09. The van der Waals surface area contributed by atoms with Gasteiger partial charge >= 0.3 is 0 Å². The van der Waals surface area contributed by atoms with Gasteiger partial charge in [-0.05, 0) is 49.9 Å². The van der Waals surface area contributed by atoms with Gasteiger partial charge in [0.25, 0.3) is 0 Å². The van der Waals surface area contributed by atoms with E-state index in [0.29, 0.717) is 5.92 Å². The van der Waals surface area contributed by atoms with Gasteiger partial charge in [0, 0.05) is 22.6 Å². The Hall–Kier alpha value is -0.0600. The normalized spacial score (nSPS) is 12.5. The lowest BCUT2D eigenvalue weighted by Crippen LogP contribution is -2.16. The lowest BCUT2D eigenvalue weighted by molar-refractivity contribution is 0.164. The Balaban J connectivity index is 2.57. The van der Waals surface area contributed by atoms with Gasteiger partial charge in [0.15, 0.2) is 0 Å². The average Bonchev–Trinajstić information content (AvgIpc) is 2.17. The van der Waals surface area contributed by atoms with Gasteiger partial charge in [-0.1, -0.05) is 13.0 Å². The van der Waals surface area contributed by atoms with Crippen LogP contribution in [-0.4, -0.2) is 20.3 Å². The SMILES string of the molecule is COCC(C)CNc1c(Br)cccc1Br. The molecule has 1 atom stereocenters. The number of benzene rings is 1. The molecule has 15 heavy (non-hydrogen) atoms. The van der Waals surface area contributed by atoms with E-state index in [1.165, 1.54) is 0 Å². The first-order valence-electron chi connectivity index (χ1n) is 4.82. The van der Waals surface area contributed by atoms with Gasteiger partial charge in [-0.25, -0.2) is 0 Å². The molecule has 1 rings (SSSR count). The van der Waals surface area contributed by atoms with Crippen molar-refractivity contribution < 1.29 is 4.74 Å². The molecule has 1 N–H and O–H groups in total. The summed E-state index contributed by atoms with van der Waals surface area (Å²) >= 11 is 7.02. The van der Waals surface area contributed by atoms with Crippen LogP contribution in [0.15, 0.2) is 27.1 Å². The number of para-hydroxylation sites is 1. The van der Waals surface area contributed by atoms with Gasteiger partial charge in [-0.3, -0.25) is 0 Å². The third-order valence-electron chi connectivity index (χ3n) is 2.04. The first kappa shape index (κ1) is 13.0. The first-order chi connectivity index (χ1) is 7.15. The number of nitrogens with one attached hydrogen (secondary N) is 1. The molecule has 84 valence electrons. The van der Waals surface area contributed by atoms with Gasteiger partial charge < -0.3 is 10.1 Å². The summed E-state index contributed by atoms with van der Waals surface area (Å²) in [4.78, 5) is 0. The Morgan fingerprint density at radius 2 is 1.93 bits per heavy atom. The lowest BCUT2D eigenvalue weighted by atomic mass is 10.2. The third-order valence-corrected chi connectivity index (χ3v) is 3.36. The van der Waals surface area contributed by atoms with E-state index in [1.807, 2.05) is 18.2 Å². The predicted molar refractivity (Wildman–Crippen MR) is 71.4 cm³/mol. The van der Waals surface area contributed by atoms with Crippen LogP contribution in [0.1, 0.15) is 6.92 Å². The van der Waals surface area contributed by atoms with Crippen molar-refractivity contribution in [1.82, 2.24) is 0 Å². The molecule has 0 spiro atoms. The summed E-state index contributed by atoms with van der Waals surface area (Å²) in [6.07, 6.45) is 0. The summed E-state index contributed by atoms with van der Waals surface area (Å²) in [6, 6.07) is 6.04. The van der Waals surface area contributed by atoms with Crippen molar-refractivity contribution in [2.45, 2.75) is 6.92 Å². The van der Waals surface area contributed by atoms with Crippen LogP contribution in [0.2, 0.25) is 0 Å². The number of halogens is 2. The second kappa shape index (κ2) is 6.51. The van der Waals surface area contributed by atoms with Crippen LogP contribution in [-0.2, 0) is 4.74 Å². The molecule has 0 aliphatic rings. The summed E-state index contributed by atoms with van der Waals surface area (Å²) in [5.74, 6) is 0.494. The van der Waals surface area contributed by atoms with Crippen LogP contribution in [0.25, 0.3) is 0 Å². The summed E-state index contributed by atoms with van der Waals surface area (Å²) in [5.41, 5.74) is 1.10. The van der Waals surface area contributed by atoms with Crippen LogP contribution < -0.4 is 5.32 Å². The molecular formula is C11H15Br2NO. The Morgan fingerprint density at radius 1 is 1.33 bits per heavy atom. The summed E-state index contributed by atoms with van der Waals surface area (Å²) < 4.78 is 7.23. The van der Waals surface area contributed by atoms with Crippen LogP contribution in [0, 0.1) is 5.92 Å². The molecule has 2 nitrogen and oxygen atoms in total. The van der Waals surface area contributed by atoms with E-state index in [1.54, 1.807) is 7.11 Å². The minimum absolute atomic E-state index is 0.494. The molecule has 0 amide bonds. The molecule has 1 unspecified atom stereocenters. The van der Waals surface area contributed by atoms with E-state index in [2.05, 4.69) is 44.1 Å². The Bertz CT molecular complexity index is 297. The molecule has 0 aliphatic heterocycles. The molecule has 0 bridgehead atoms. The first-order valence-corrected chi connectivity index (χ1v) is 6.40. The topological polar surface area (TPSA) is 21.3 Å². The highest BCUT2D eigenvalue weighted by atomic mass is 79.9.